The van der Waals surface area contributed by atoms with Crippen molar-refractivity contribution in [3.63, 3.8) is 0 Å². The number of esters is 1. The number of aliphatic hydroxyl groups excluding tert-OH is 1. The summed E-state index contributed by atoms with van der Waals surface area (Å²) >= 11 is 1.14. The fourth-order valence-corrected chi connectivity index (χ4v) is 4.86. The lowest BCUT2D eigenvalue weighted by molar-refractivity contribution is -0.153. The number of aliphatic hydroxyl groups is 1. The lowest BCUT2D eigenvalue weighted by Gasteiger charge is -2.25. The number of rotatable bonds is 24. The van der Waals surface area contributed by atoms with Gasteiger partial charge in [0.2, 0.25) is 11.8 Å². The highest BCUT2D eigenvalue weighted by Gasteiger charge is 2.30. The number of methoxy groups -OCH3 is 1. The number of thioether (sulfide) groups is 1. The Morgan fingerprint density at radius 3 is 2.23 bits per heavy atom. The summed E-state index contributed by atoms with van der Waals surface area (Å²) in [5, 5.41) is 28.4. The molecule has 0 aliphatic rings. The van der Waals surface area contributed by atoms with E-state index in [0.717, 1.165) is 24.6 Å². The number of carbonyl (C=O) groups is 5. The number of carboxylic acid groups (broad SMARTS) is 2. The zero-order valence-corrected chi connectivity index (χ0v) is 26.5. The van der Waals surface area contributed by atoms with Crippen LogP contribution in [-0.4, -0.2) is 92.8 Å². The summed E-state index contributed by atoms with van der Waals surface area (Å²) < 4.78 is 4.63. The molecule has 0 bridgehead atoms. The topological polar surface area (TPSA) is 211 Å². The number of nitrogens with zero attached hydrogens (tertiary/aromatic N) is 1. The van der Waals surface area contributed by atoms with Crippen molar-refractivity contribution >= 4 is 41.5 Å². The van der Waals surface area contributed by atoms with E-state index in [0.29, 0.717) is 11.3 Å². The molecule has 0 aromatic carbocycles. The largest absolute Gasteiger partial charge is 0.480 e. The Kier molecular flexibility index (Phi) is 23.2. The SMILES string of the molecule is CCCCC/C=C\C\C=C/C=C/C=C/C(SC[C@H](N)C(=O)N(CC(=O)O)C(=O)CC[C@H](N)C(=O)O)[C@@H](O)CCCC(=O)OC. The first-order chi connectivity index (χ1) is 20.9. The third kappa shape index (κ3) is 19.8. The molecule has 0 radical (unpaired) electrons. The summed E-state index contributed by atoms with van der Waals surface area (Å²) in [6.45, 7) is 1.23. The second-order valence-corrected chi connectivity index (χ2v) is 11.2. The first kappa shape index (κ1) is 40.7. The van der Waals surface area contributed by atoms with E-state index in [4.69, 9.17) is 16.6 Å². The Labute approximate surface area is 264 Å². The van der Waals surface area contributed by atoms with Crippen LogP contribution < -0.4 is 11.5 Å². The molecule has 2 amide bonds. The summed E-state index contributed by atoms with van der Waals surface area (Å²) in [5.74, 6) is -5.08. The van der Waals surface area contributed by atoms with E-state index < -0.39 is 66.1 Å². The smallest absolute Gasteiger partial charge is 0.323 e. The molecular formula is C31H49N3O9S. The number of hydrogen-bond acceptors (Lipinski definition) is 10. The molecule has 12 nitrogen and oxygen atoms in total. The van der Waals surface area contributed by atoms with Gasteiger partial charge in [0.25, 0.3) is 0 Å². The molecule has 13 heteroatoms. The van der Waals surface area contributed by atoms with Crippen LogP contribution in [0.2, 0.25) is 0 Å². The van der Waals surface area contributed by atoms with Crippen LogP contribution in [0.15, 0.2) is 48.6 Å². The number of unbranched alkanes of at least 4 members (excludes halogenated alkanes) is 3. The van der Waals surface area contributed by atoms with Gasteiger partial charge in [-0.2, -0.15) is 0 Å². The van der Waals surface area contributed by atoms with Crippen LogP contribution in [0.25, 0.3) is 0 Å². The van der Waals surface area contributed by atoms with Gasteiger partial charge in [-0.3, -0.25) is 28.9 Å². The molecule has 0 saturated carbocycles. The van der Waals surface area contributed by atoms with E-state index in [1.54, 1.807) is 18.2 Å². The normalized spacial score (nSPS) is 14.7. The zero-order chi connectivity index (χ0) is 33.3. The number of carboxylic acids is 2. The molecule has 0 rings (SSSR count). The summed E-state index contributed by atoms with van der Waals surface area (Å²) in [7, 11) is 1.28. The summed E-state index contributed by atoms with van der Waals surface area (Å²) in [6.07, 6.45) is 19.9. The number of imide groups is 1. The lowest BCUT2D eigenvalue weighted by atomic mass is 10.1. The van der Waals surface area contributed by atoms with Crippen molar-refractivity contribution in [3.05, 3.63) is 48.6 Å². The van der Waals surface area contributed by atoms with E-state index >= 15 is 0 Å². The summed E-state index contributed by atoms with van der Waals surface area (Å²) in [5.41, 5.74) is 11.4. The van der Waals surface area contributed by atoms with Gasteiger partial charge in [-0.1, -0.05) is 68.4 Å². The van der Waals surface area contributed by atoms with Gasteiger partial charge in [-0.25, -0.2) is 0 Å². The number of hydrogen-bond donors (Lipinski definition) is 5. The van der Waals surface area contributed by atoms with Gasteiger partial charge in [0.15, 0.2) is 0 Å². The van der Waals surface area contributed by atoms with E-state index in [2.05, 4.69) is 23.8 Å². The zero-order valence-electron chi connectivity index (χ0n) is 25.7. The van der Waals surface area contributed by atoms with Gasteiger partial charge < -0.3 is 31.5 Å². The molecule has 0 fully saturated rings. The Morgan fingerprint density at radius 1 is 0.886 bits per heavy atom. The fraction of sp³-hybridized carbons (Fsp3) is 0.581. The Balaban J connectivity index is 5.34. The minimum absolute atomic E-state index is 0.0614. The van der Waals surface area contributed by atoms with E-state index in [1.165, 1.54) is 26.4 Å². The van der Waals surface area contributed by atoms with Gasteiger partial charge in [0.05, 0.1) is 19.3 Å². The summed E-state index contributed by atoms with van der Waals surface area (Å²) in [6, 6.07) is -2.64. The van der Waals surface area contributed by atoms with Crippen LogP contribution in [0.5, 0.6) is 0 Å². The van der Waals surface area contributed by atoms with Crippen molar-refractivity contribution in [2.45, 2.75) is 94.6 Å². The highest BCUT2D eigenvalue weighted by molar-refractivity contribution is 8.00. The molecule has 248 valence electrons. The van der Waals surface area contributed by atoms with Crippen molar-refractivity contribution in [3.8, 4) is 0 Å². The highest BCUT2D eigenvalue weighted by Crippen LogP contribution is 2.22. The molecule has 0 aromatic heterocycles. The maximum absolute atomic E-state index is 12.9. The van der Waals surface area contributed by atoms with Crippen LogP contribution >= 0.6 is 11.8 Å². The fourth-order valence-electron chi connectivity index (χ4n) is 3.73. The minimum atomic E-state index is -1.44. The molecule has 0 aliphatic heterocycles. The second-order valence-electron chi connectivity index (χ2n) is 10.0. The van der Waals surface area contributed by atoms with Crippen molar-refractivity contribution in [1.82, 2.24) is 4.90 Å². The van der Waals surface area contributed by atoms with Crippen LogP contribution in [-0.2, 0) is 28.7 Å². The van der Waals surface area contributed by atoms with E-state index in [1.807, 2.05) is 18.2 Å². The first-order valence-electron chi connectivity index (χ1n) is 14.8. The molecule has 7 N–H and O–H groups in total. The lowest BCUT2D eigenvalue weighted by Crippen LogP contribution is -2.50. The predicted octanol–water partition coefficient (Wildman–Crippen LogP) is 2.95. The Morgan fingerprint density at radius 2 is 1.59 bits per heavy atom. The third-order valence-corrected chi connectivity index (χ3v) is 7.71. The number of carbonyl (C=O) groups excluding carboxylic acids is 3. The number of aliphatic carboxylic acids is 2. The quantitative estimate of drug-likeness (QED) is 0.0447. The van der Waals surface area contributed by atoms with Crippen LogP contribution in [0.4, 0.5) is 0 Å². The van der Waals surface area contributed by atoms with Crippen molar-refractivity contribution in [2.75, 3.05) is 19.4 Å². The van der Waals surface area contributed by atoms with Crippen LogP contribution in [0.3, 0.4) is 0 Å². The van der Waals surface area contributed by atoms with Crippen LogP contribution in [0, 0.1) is 0 Å². The average molecular weight is 640 g/mol. The maximum atomic E-state index is 12.9. The van der Waals surface area contributed by atoms with Crippen LogP contribution in [0.1, 0.15) is 71.1 Å². The Bertz CT molecular complexity index is 1010. The number of amides is 2. The van der Waals surface area contributed by atoms with Gasteiger partial charge >= 0.3 is 17.9 Å². The first-order valence-corrected chi connectivity index (χ1v) is 15.8. The molecule has 44 heavy (non-hydrogen) atoms. The number of nitrogens with two attached hydrogens (primary N) is 2. The molecule has 0 aromatic rings. The molecule has 0 saturated heterocycles. The van der Waals surface area contributed by atoms with Gasteiger partial charge in [-0.05, 0) is 38.5 Å². The second kappa shape index (κ2) is 25.1. The Hall–Kier alpha value is -3.26. The number of ether oxygens (including phenoxy) is 1. The van der Waals surface area contributed by atoms with Gasteiger partial charge in [-0.15, -0.1) is 11.8 Å². The standard InChI is InChI=1S/C31H49N3O9S/c1-3-4-5-6-7-8-9-10-11-12-13-14-17-26(25(35)16-15-18-29(39)43-2)44-22-24(33)30(40)34(21-28(37)38)27(36)20-19-23(32)31(41)42/h7-8,10-14,17,23-26,35H,3-6,9,15-16,18-22,32-33H2,1-2H3,(H,37,38)(H,41,42)/b8-7-,11-10-,13-12+,17-14+/t23-,24-,25-,26?/m0/s1. The van der Waals surface area contributed by atoms with Crippen molar-refractivity contribution in [1.29, 1.82) is 0 Å². The predicted molar refractivity (Wildman–Crippen MR) is 171 cm³/mol. The average Bonchev–Trinajstić information content (AvgIpc) is 2.99. The molecule has 0 heterocycles. The van der Waals surface area contributed by atoms with Gasteiger partial charge in [0.1, 0.15) is 12.6 Å². The van der Waals surface area contributed by atoms with Crippen molar-refractivity contribution < 1.29 is 44.0 Å². The molecule has 4 atom stereocenters. The minimum Gasteiger partial charge on any atom is -0.480 e. The third-order valence-electron chi connectivity index (χ3n) is 6.30. The maximum Gasteiger partial charge on any atom is 0.323 e. The van der Waals surface area contributed by atoms with Gasteiger partial charge in [0, 0.05) is 23.8 Å². The molecular weight excluding hydrogens is 590 g/mol. The monoisotopic (exact) mass is 639 g/mol. The molecule has 0 aliphatic carbocycles. The van der Waals surface area contributed by atoms with Crippen molar-refractivity contribution in [2.24, 2.45) is 11.5 Å². The molecule has 1 unspecified atom stereocenters. The molecule has 0 spiro atoms. The summed E-state index contributed by atoms with van der Waals surface area (Å²) in [4.78, 5) is 59.7. The highest BCUT2D eigenvalue weighted by atomic mass is 32.2. The van der Waals surface area contributed by atoms with E-state index in [-0.39, 0.29) is 25.0 Å². The number of allylic oxidation sites excluding steroid dienone is 7. The van der Waals surface area contributed by atoms with E-state index in [9.17, 15) is 34.2 Å².